The summed E-state index contributed by atoms with van der Waals surface area (Å²) < 4.78 is 5.52. The van der Waals surface area contributed by atoms with Gasteiger partial charge in [-0.2, -0.15) is 0 Å². The number of fused-ring (bicyclic) bond motifs is 5. The summed E-state index contributed by atoms with van der Waals surface area (Å²) in [5, 5.41) is 0. The van der Waals surface area contributed by atoms with Gasteiger partial charge < -0.3 is 4.74 Å². The Balaban J connectivity index is 1.65. The maximum Gasteiger partial charge on any atom is 0.302 e. The molecule has 0 amide bonds. The van der Waals surface area contributed by atoms with Crippen molar-refractivity contribution in [3.8, 4) is 0 Å². The lowest BCUT2D eigenvalue weighted by atomic mass is 9.48. The SMILES string of the molecule is CC(=O)O[C@H]1CC[C@@]2(C)C(=CC(Br)[C@@H]3[C@@H]2CC[C@]2(C)C(=O)CC[C@@H]32)C1. The van der Waals surface area contributed by atoms with Crippen molar-refractivity contribution in [1.82, 2.24) is 0 Å². The summed E-state index contributed by atoms with van der Waals surface area (Å²) in [6.45, 7) is 6.16. The summed E-state index contributed by atoms with van der Waals surface area (Å²) in [7, 11) is 0. The number of carbonyl (C=O) groups excluding carboxylic acids is 2. The molecule has 3 fully saturated rings. The van der Waals surface area contributed by atoms with E-state index in [1.165, 1.54) is 12.5 Å². The van der Waals surface area contributed by atoms with Crippen LogP contribution in [0.5, 0.6) is 0 Å². The van der Waals surface area contributed by atoms with Crippen molar-refractivity contribution in [3.63, 3.8) is 0 Å². The molecule has 4 aliphatic carbocycles. The molecule has 0 saturated heterocycles. The number of ketones is 1. The van der Waals surface area contributed by atoms with E-state index in [2.05, 4.69) is 35.9 Å². The zero-order chi connectivity index (χ0) is 18.0. The van der Waals surface area contributed by atoms with Gasteiger partial charge in [0.1, 0.15) is 11.9 Å². The van der Waals surface area contributed by atoms with Crippen LogP contribution in [0.25, 0.3) is 0 Å². The van der Waals surface area contributed by atoms with Crippen LogP contribution in [0.3, 0.4) is 0 Å². The molecule has 0 spiro atoms. The van der Waals surface area contributed by atoms with Gasteiger partial charge >= 0.3 is 5.97 Å². The molecule has 0 aliphatic heterocycles. The van der Waals surface area contributed by atoms with Crippen molar-refractivity contribution >= 4 is 27.7 Å². The normalized spacial score (nSPS) is 48.9. The second-order valence-electron chi connectivity index (χ2n) is 9.24. The number of Topliss-reactive ketones (excluding diaryl/α,β-unsaturated/α-hetero) is 1. The van der Waals surface area contributed by atoms with Crippen molar-refractivity contribution < 1.29 is 14.3 Å². The Labute approximate surface area is 159 Å². The van der Waals surface area contributed by atoms with E-state index < -0.39 is 0 Å². The lowest BCUT2D eigenvalue weighted by molar-refractivity contribution is -0.148. The lowest BCUT2D eigenvalue weighted by Gasteiger charge is -2.58. The predicted molar refractivity (Wildman–Crippen MR) is 100 cm³/mol. The fourth-order valence-corrected chi connectivity index (χ4v) is 7.73. The first-order valence-corrected chi connectivity index (χ1v) is 10.7. The number of hydrogen-bond donors (Lipinski definition) is 0. The highest BCUT2D eigenvalue weighted by Gasteiger charge is 2.60. The number of esters is 1. The molecule has 7 atom stereocenters. The fourth-order valence-electron chi connectivity index (χ4n) is 6.68. The molecule has 138 valence electrons. The Morgan fingerprint density at radius 2 is 1.84 bits per heavy atom. The molecular formula is C21H29BrO3. The van der Waals surface area contributed by atoms with Crippen molar-refractivity contribution in [1.29, 1.82) is 0 Å². The average Bonchev–Trinajstić information content (AvgIpc) is 2.84. The minimum atomic E-state index is -0.170. The highest BCUT2D eigenvalue weighted by molar-refractivity contribution is 9.09. The molecule has 0 aromatic rings. The van der Waals surface area contributed by atoms with Crippen molar-refractivity contribution in [2.24, 2.45) is 28.6 Å². The molecule has 25 heavy (non-hydrogen) atoms. The smallest absolute Gasteiger partial charge is 0.302 e. The third-order valence-corrected chi connectivity index (χ3v) is 8.96. The summed E-state index contributed by atoms with van der Waals surface area (Å²) in [6.07, 6.45) is 9.41. The summed E-state index contributed by atoms with van der Waals surface area (Å²) in [6, 6.07) is 0. The third kappa shape index (κ3) is 2.57. The number of halogens is 1. The van der Waals surface area contributed by atoms with E-state index in [4.69, 9.17) is 4.74 Å². The van der Waals surface area contributed by atoms with Gasteiger partial charge in [-0.05, 0) is 55.3 Å². The van der Waals surface area contributed by atoms with Gasteiger partial charge in [0, 0.05) is 30.0 Å². The van der Waals surface area contributed by atoms with Crippen molar-refractivity contribution in [2.45, 2.75) is 76.6 Å². The molecule has 0 heterocycles. The van der Waals surface area contributed by atoms with E-state index in [0.29, 0.717) is 28.4 Å². The maximum absolute atomic E-state index is 12.5. The van der Waals surface area contributed by atoms with Crippen LogP contribution in [0.1, 0.15) is 65.7 Å². The highest BCUT2D eigenvalue weighted by atomic mass is 79.9. The van der Waals surface area contributed by atoms with Crippen LogP contribution in [-0.4, -0.2) is 22.7 Å². The van der Waals surface area contributed by atoms with Gasteiger partial charge in [0.2, 0.25) is 0 Å². The number of carbonyl (C=O) groups is 2. The van der Waals surface area contributed by atoms with Crippen LogP contribution >= 0.6 is 15.9 Å². The number of hydrogen-bond acceptors (Lipinski definition) is 3. The van der Waals surface area contributed by atoms with Gasteiger partial charge in [-0.3, -0.25) is 9.59 Å². The zero-order valence-electron chi connectivity index (χ0n) is 15.5. The molecule has 1 unspecified atom stereocenters. The number of rotatable bonds is 1. The topological polar surface area (TPSA) is 43.4 Å². The number of alkyl halides is 1. The van der Waals surface area contributed by atoms with E-state index in [0.717, 1.165) is 44.9 Å². The minimum absolute atomic E-state index is 0.0370. The van der Waals surface area contributed by atoms with Crippen LogP contribution in [-0.2, 0) is 14.3 Å². The van der Waals surface area contributed by atoms with E-state index >= 15 is 0 Å². The number of ether oxygens (including phenoxy) is 1. The van der Waals surface area contributed by atoms with Crippen molar-refractivity contribution in [2.75, 3.05) is 0 Å². The first kappa shape index (κ1) is 17.8. The monoisotopic (exact) mass is 408 g/mol. The number of allylic oxidation sites excluding steroid dienone is 1. The van der Waals surface area contributed by atoms with Crippen LogP contribution < -0.4 is 0 Å². The quantitative estimate of drug-likeness (QED) is 0.354. The van der Waals surface area contributed by atoms with Gasteiger partial charge in [-0.1, -0.05) is 41.4 Å². The fraction of sp³-hybridized carbons (Fsp3) is 0.810. The van der Waals surface area contributed by atoms with E-state index in [9.17, 15) is 9.59 Å². The van der Waals surface area contributed by atoms with Crippen LogP contribution in [0.15, 0.2) is 11.6 Å². The van der Waals surface area contributed by atoms with Gasteiger partial charge in [-0.25, -0.2) is 0 Å². The Bertz CT molecular complexity index is 641. The molecule has 0 aromatic carbocycles. The summed E-state index contributed by atoms with van der Waals surface area (Å²) >= 11 is 3.97. The molecule has 4 aliphatic rings. The van der Waals surface area contributed by atoms with Crippen LogP contribution in [0.2, 0.25) is 0 Å². The molecule has 3 saturated carbocycles. The summed E-state index contributed by atoms with van der Waals surface area (Å²) in [5.41, 5.74) is 1.59. The maximum atomic E-state index is 12.5. The van der Waals surface area contributed by atoms with Crippen molar-refractivity contribution in [3.05, 3.63) is 11.6 Å². The zero-order valence-corrected chi connectivity index (χ0v) is 17.1. The first-order chi connectivity index (χ1) is 11.8. The third-order valence-electron chi connectivity index (χ3n) is 8.09. The highest BCUT2D eigenvalue weighted by Crippen LogP contribution is 2.65. The molecule has 3 nitrogen and oxygen atoms in total. The predicted octanol–water partition coefficient (Wildman–Crippen LogP) is 4.82. The van der Waals surface area contributed by atoms with E-state index in [1.54, 1.807) is 0 Å². The minimum Gasteiger partial charge on any atom is -0.462 e. The van der Waals surface area contributed by atoms with Crippen LogP contribution in [0, 0.1) is 28.6 Å². The molecule has 4 heteroatoms. The van der Waals surface area contributed by atoms with Gasteiger partial charge in [0.05, 0.1) is 0 Å². The Hall–Kier alpha value is -0.640. The second kappa shape index (κ2) is 5.94. The largest absolute Gasteiger partial charge is 0.462 e. The molecule has 0 N–H and O–H groups in total. The summed E-state index contributed by atoms with van der Waals surface area (Å²) in [4.78, 5) is 24.2. The first-order valence-electron chi connectivity index (χ1n) is 9.81. The van der Waals surface area contributed by atoms with Gasteiger partial charge in [0.25, 0.3) is 0 Å². The van der Waals surface area contributed by atoms with Gasteiger partial charge in [0.15, 0.2) is 0 Å². The molecule has 0 bridgehead atoms. The van der Waals surface area contributed by atoms with Crippen LogP contribution in [0.4, 0.5) is 0 Å². The Morgan fingerprint density at radius 1 is 1.16 bits per heavy atom. The van der Waals surface area contributed by atoms with E-state index in [-0.39, 0.29) is 22.9 Å². The average molecular weight is 409 g/mol. The molecule has 4 rings (SSSR count). The molecule has 0 radical (unpaired) electrons. The second-order valence-corrected chi connectivity index (χ2v) is 10.3. The molecule has 0 aromatic heterocycles. The lowest BCUT2D eigenvalue weighted by Crippen LogP contribution is -2.53. The van der Waals surface area contributed by atoms with Gasteiger partial charge in [-0.15, -0.1) is 0 Å². The van der Waals surface area contributed by atoms with E-state index in [1.807, 2.05) is 0 Å². The summed E-state index contributed by atoms with van der Waals surface area (Å²) in [5.74, 6) is 2.04. The Kier molecular flexibility index (Phi) is 4.22. The molecular weight excluding hydrogens is 380 g/mol. The Morgan fingerprint density at radius 3 is 2.56 bits per heavy atom. The standard InChI is InChI=1S/C21H29BrO3/c1-12(23)25-14-6-8-20(2)13(10-14)11-17(22)19-15-4-5-18(24)21(15,3)9-7-16(19)20/h11,14-17,19H,4-10H2,1-3H3/t14-,15-,16-,17?,19-,20-,21-/m0/s1.